The van der Waals surface area contributed by atoms with Gasteiger partial charge < -0.3 is 14.2 Å². The van der Waals surface area contributed by atoms with E-state index in [0.717, 1.165) is 0 Å². The van der Waals surface area contributed by atoms with Gasteiger partial charge in [0.1, 0.15) is 24.7 Å². The molecule has 0 spiro atoms. The number of rotatable bonds is 7. The Labute approximate surface area is 170 Å². The van der Waals surface area contributed by atoms with Crippen LogP contribution in [-0.2, 0) is 28.6 Å². The van der Waals surface area contributed by atoms with Crippen LogP contribution in [-0.4, -0.2) is 49.6 Å². The van der Waals surface area contributed by atoms with E-state index in [1.54, 1.807) is 45.3 Å². The van der Waals surface area contributed by atoms with Crippen molar-refractivity contribution in [2.24, 2.45) is 11.3 Å². The number of esters is 1. The lowest BCUT2D eigenvalue weighted by molar-refractivity contribution is -0.145. The van der Waals surface area contributed by atoms with E-state index in [-0.39, 0.29) is 25.0 Å². The molecule has 1 saturated heterocycles. The van der Waals surface area contributed by atoms with Crippen molar-refractivity contribution in [3.63, 3.8) is 0 Å². The lowest BCUT2D eigenvalue weighted by Gasteiger charge is -2.49. The van der Waals surface area contributed by atoms with Crippen molar-refractivity contribution in [1.29, 1.82) is 0 Å². The summed E-state index contributed by atoms with van der Waals surface area (Å²) in [6.45, 7) is 9.22. The van der Waals surface area contributed by atoms with Crippen molar-refractivity contribution in [1.82, 2.24) is 4.90 Å². The average molecular weight is 399 g/mol. The monoisotopic (exact) mass is 399 g/mol. The molecule has 0 aromatic heterocycles. The van der Waals surface area contributed by atoms with Crippen LogP contribution in [0, 0.1) is 11.3 Å². The van der Waals surface area contributed by atoms with Crippen LogP contribution in [0.4, 0.5) is 0 Å². The molecule has 0 aromatic carbocycles. The highest BCUT2D eigenvalue weighted by atomic mass is 16.6. The Balaban J connectivity index is 1.92. The molecule has 2 atom stereocenters. The second kappa shape index (κ2) is 7.73. The summed E-state index contributed by atoms with van der Waals surface area (Å²) in [5, 5.41) is 0. The van der Waals surface area contributed by atoms with Crippen LogP contribution in [0.2, 0.25) is 0 Å². The molecule has 0 radical (unpaired) electrons. The third-order valence-corrected chi connectivity index (χ3v) is 5.53. The first-order chi connectivity index (χ1) is 13.8. The highest BCUT2D eigenvalue weighted by Gasteiger charge is 2.57. The summed E-state index contributed by atoms with van der Waals surface area (Å²) in [5.41, 5.74) is 0.476. The average Bonchev–Trinajstić information content (AvgIpc) is 2.68. The van der Waals surface area contributed by atoms with Crippen molar-refractivity contribution < 1.29 is 28.6 Å². The maximum absolute atomic E-state index is 13.0. The van der Waals surface area contributed by atoms with E-state index < -0.39 is 17.3 Å². The summed E-state index contributed by atoms with van der Waals surface area (Å²) in [6.07, 6.45) is 6.89. The molecule has 1 aliphatic heterocycles. The molecule has 7 nitrogen and oxygen atoms in total. The summed E-state index contributed by atoms with van der Waals surface area (Å²) >= 11 is 0. The first-order valence-corrected chi connectivity index (χ1v) is 9.47. The molecule has 0 N–H and O–H groups in total. The highest BCUT2D eigenvalue weighted by Crippen LogP contribution is 2.56. The fourth-order valence-corrected chi connectivity index (χ4v) is 4.03. The first-order valence-electron chi connectivity index (χ1n) is 9.47. The van der Waals surface area contributed by atoms with Crippen LogP contribution in [0.5, 0.6) is 0 Å². The molecule has 1 fully saturated rings. The number of imide groups is 1. The number of ether oxygens (including phenoxy) is 3. The first kappa shape index (κ1) is 20.6. The van der Waals surface area contributed by atoms with Gasteiger partial charge in [0.2, 0.25) is 0 Å². The van der Waals surface area contributed by atoms with Gasteiger partial charge in [-0.1, -0.05) is 6.58 Å². The van der Waals surface area contributed by atoms with E-state index in [2.05, 4.69) is 6.58 Å². The zero-order valence-electron chi connectivity index (χ0n) is 17.1. The SMILES string of the molecule is C=C(C)C(=O)OCCOC1=CC=C2C(=O)N(CC)C(=O)C3=CC=C(OC)C1[C@@]32C. The maximum atomic E-state index is 13.0. The summed E-state index contributed by atoms with van der Waals surface area (Å²) in [6, 6.07) is 0. The van der Waals surface area contributed by atoms with Gasteiger partial charge in [-0.3, -0.25) is 14.5 Å². The van der Waals surface area contributed by atoms with Gasteiger partial charge in [-0.25, -0.2) is 4.79 Å². The molecular formula is C22H25NO6. The lowest BCUT2D eigenvalue weighted by atomic mass is 9.59. The molecule has 3 rings (SSSR count). The number of likely N-dealkylation sites (tertiary alicyclic amines) is 1. The number of nitrogens with zero attached hydrogens (tertiary/aromatic N) is 1. The van der Waals surface area contributed by atoms with Crippen molar-refractivity contribution in [3.05, 3.63) is 59.1 Å². The number of likely N-dealkylation sites (N-methyl/N-ethyl adjacent to an activating group) is 1. The second-order valence-electron chi connectivity index (χ2n) is 7.26. The van der Waals surface area contributed by atoms with E-state index in [0.29, 0.717) is 34.8 Å². The van der Waals surface area contributed by atoms with E-state index in [1.807, 2.05) is 6.92 Å². The normalized spacial score (nSPS) is 25.2. The largest absolute Gasteiger partial charge is 0.500 e. The number of methoxy groups -OCH3 is 1. The molecule has 2 amide bonds. The van der Waals surface area contributed by atoms with Crippen molar-refractivity contribution in [2.75, 3.05) is 26.9 Å². The molecule has 0 saturated carbocycles. The highest BCUT2D eigenvalue weighted by molar-refractivity contribution is 6.16. The van der Waals surface area contributed by atoms with Crippen LogP contribution >= 0.6 is 0 Å². The maximum Gasteiger partial charge on any atom is 0.333 e. The van der Waals surface area contributed by atoms with Gasteiger partial charge in [0.05, 0.1) is 13.0 Å². The molecule has 154 valence electrons. The zero-order chi connectivity index (χ0) is 21.3. The number of allylic oxidation sites excluding steroid dienone is 4. The quantitative estimate of drug-likeness (QED) is 0.283. The summed E-state index contributed by atoms with van der Waals surface area (Å²) in [4.78, 5) is 38.7. The number of piperidine rings is 1. The lowest BCUT2D eigenvalue weighted by Crippen LogP contribution is -2.55. The van der Waals surface area contributed by atoms with E-state index >= 15 is 0 Å². The van der Waals surface area contributed by atoms with E-state index in [9.17, 15) is 14.4 Å². The topological polar surface area (TPSA) is 82.1 Å². The number of carbonyl (C=O) groups excluding carboxylic acids is 3. The smallest absolute Gasteiger partial charge is 0.333 e. The molecule has 2 aliphatic carbocycles. The van der Waals surface area contributed by atoms with Gasteiger partial charge in [0.15, 0.2) is 0 Å². The number of carbonyl (C=O) groups is 3. The van der Waals surface area contributed by atoms with Gasteiger partial charge in [0, 0.05) is 28.7 Å². The van der Waals surface area contributed by atoms with Crippen LogP contribution in [0.3, 0.4) is 0 Å². The van der Waals surface area contributed by atoms with Crippen LogP contribution < -0.4 is 0 Å². The fraction of sp³-hybridized carbons (Fsp3) is 0.409. The molecule has 29 heavy (non-hydrogen) atoms. The minimum absolute atomic E-state index is 0.0548. The Morgan fingerprint density at radius 1 is 1.10 bits per heavy atom. The van der Waals surface area contributed by atoms with Gasteiger partial charge in [-0.15, -0.1) is 0 Å². The molecule has 0 aromatic rings. The predicted molar refractivity (Wildman–Crippen MR) is 105 cm³/mol. The summed E-state index contributed by atoms with van der Waals surface area (Å²) in [7, 11) is 1.54. The van der Waals surface area contributed by atoms with Gasteiger partial charge >= 0.3 is 5.97 Å². The fourth-order valence-electron chi connectivity index (χ4n) is 4.03. The van der Waals surface area contributed by atoms with E-state index in [1.165, 1.54) is 4.90 Å². The second-order valence-corrected chi connectivity index (χ2v) is 7.26. The molecule has 1 heterocycles. The third-order valence-electron chi connectivity index (χ3n) is 5.53. The van der Waals surface area contributed by atoms with E-state index in [4.69, 9.17) is 14.2 Å². The Hall–Kier alpha value is -3.09. The summed E-state index contributed by atoms with van der Waals surface area (Å²) < 4.78 is 16.5. The minimum atomic E-state index is -0.890. The third kappa shape index (κ3) is 3.20. The molecular weight excluding hydrogens is 374 g/mol. The molecule has 0 bridgehead atoms. The summed E-state index contributed by atoms with van der Waals surface area (Å²) in [5.74, 6) is -0.403. The van der Waals surface area contributed by atoms with Gasteiger partial charge in [-0.2, -0.15) is 0 Å². The van der Waals surface area contributed by atoms with Gasteiger partial charge in [-0.05, 0) is 45.1 Å². The minimum Gasteiger partial charge on any atom is -0.500 e. The van der Waals surface area contributed by atoms with Gasteiger partial charge in [0.25, 0.3) is 11.8 Å². The number of hydrogen-bond acceptors (Lipinski definition) is 6. The standard InChI is InChI=1S/C22H25NO6/c1-6-23-19(24)14-7-9-16(27-5)18-17(28-11-12-29-21(26)13(2)3)10-8-15(20(23)25)22(14,18)4/h7-10,18H,2,6,11-12H2,1,3-5H3/t18?,22-/m0/s1. The Kier molecular flexibility index (Phi) is 5.50. The Morgan fingerprint density at radius 2 is 1.69 bits per heavy atom. The zero-order valence-corrected chi connectivity index (χ0v) is 17.1. The Bertz CT molecular complexity index is 906. The Morgan fingerprint density at radius 3 is 2.21 bits per heavy atom. The van der Waals surface area contributed by atoms with Crippen molar-refractivity contribution in [3.8, 4) is 0 Å². The van der Waals surface area contributed by atoms with Crippen molar-refractivity contribution in [2.45, 2.75) is 20.8 Å². The molecule has 1 unspecified atom stereocenters. The van der Waals surface area contributed by atoms with Crippen molar-refractivity contribution >= 4 is 17.8 Å². The number of hydrogen-bond donors (Lipinski definition) is 0. The number of amides is 2. The molecule has 3 aliphatic rings. The van der Waals surface area contributed by atoms with Crippen LogP contribution in [0.25, 0.3) is 0 Å². The predicted octanol–water partition coefficient (Wildman–Crippen LogP) is 2.43. The van der Waals surface area contributed by atoms with Crippen LogP contribution in [0.15, 0.2) is 59.1 Å². The van der Waals surface area contributed by atoms with Crippen LogP contribution in [0.1, 0.15) is 20.8 Å². The molecule has 7 heteroatoms.